The number of amides is 2. The van der Waals surface area contributed by atoms with Crippen LogP contribution in [0.1, 0.15) is 6.42 Å². The third-order valence-electron chi connectivity index (χ3n) is 1.58. The second-order valence-corrected chi connectivity index (χ2v) is 2.69. The fraction of sp³-hybridized carbons (Fsp3) is 0.556. The Hall–Kier alpha value is -1.36. The van der Waals surface area contributed by atoms with Gasteiger partial charge < -0.3 is 15.4 Å². The lowest BCUT2D eigenvalue weighted by molar-refractivity contribution is -0.130. The van der Waals surface area contributed by atoms with E-state index in [0.29, 0.717) is 6.42 Å². The lowest BCUT2D eigenvalue weighted by Gasteiger charge is -2.14. The molecule has 0 bridgehead atoms. The van der Waals surface area contributed by atoms with E-state index in [1.807, 2.05) is 0 Å². The Morgan fingerprint density at radius 1 is 1.57 bits per heavy atom. The van der Waals surface area contributed by atoms with Crippen LogP contribution in [0.4, 0.5) is 0 Å². The summed E-state index contributed by atoms with van der Waals surface area (Å²) in [5, 5.41) is 4.98. The molecule has 0 aromatic heterocycles. The molecule has 0 aliphatic carbocycles. The molecule has 14 heavy (non-hydrogen) atoms. The minimum absolute atomic E-state index is 0.0510. The molecule has 0 saturated carbocycles. The van der Waals surface area contributed by atoms with Crippen LogP contribution >= 0.6 is 0 Å². The van der Waals surface area contributed by atoms with Crippen LogP contribution in [0, 0.1) is 0 Å². The molecule has 0 aromatic rings. The van der Waals surface area contributed by atoms with E-state index in [1.165, 1.54) is 14.2 Å². The first kappa shape index (κ1) is 12.6. The van der Waals surface area contributed by atoms with Crippen molar-refractivity contribution in [2.45, 2.75) is 12.5 Å². The molecule has 0 heterocycles. The monoisotopic (exact) mass is 200 g/mol. The highest BCUT2D eigenvalue weighted by molar-refractivity contribution is 5.87. The number of nitrogens with one attached hydrogen (secondary N) is 2. The first-order valence-corrected chi connectivity index (χ1v) is 4.26. The second-order valence-electron chi connectivity index (χ2n) is 2.69. The number of likely N-dealkylation sites (N-methyl/N-ethyl adjacent to an activating group) is 1. The topological polar surface area (TPSA) is 67.4 Å². The summed E-state index contributed by atoms with van der Waals surface area (Å²) in [4.78, 5) is 22.3. The van der Waals surface area contributed by atoms with Crippen molar-refractivity contribution in [1.29, 1.82) is 0 Å². The van der Waals surface area contributed by atoms with E-state index in [-0.39, 0.29) is 18.4 Å². The van der Waals surface area contributed by atoms with Crippen LogP contribution in [0.3, 0.4) is 0 Å². The minimum atomic E-state index is -0.569. The molecule has 0 aliphatic heterocycles. The average Bonchev–Trinajstić information content (AvgIpc) is 2.16. The Labute approximate surface area is 83.5 Å². The third kappa shape index (κ3) is 4.61. The minimum Gasteiger partial charge on any atom is -0.375 e. The van der Waals surface area contributed by atoms with Crippen molar-refractivity contribution in [1.82, 2.24) is 10.6 Å². The fourth-order valence-corrected chi connectivity index (χ4v) is 0.939. The van der Waals surface area contributed by atoms with Gasteiger partial charge in [-0.3, -0.25) is 9.59 Å². The fourth-order valence-electron chi connectivity index (χ4n) is 0.939. The summed E-state index contributed by atoms with van der Waals surface area (Å²) in [7, 11) is 2.93. The molecule has 2 N–H and O–H groups in total. The summed E-state index contributed by atoms with van der Waals surface area (Å²) in [5.41, 5.74) is 0. The molecule has 0 radical (unpaired) electrons. The van der Waals surface area contributed by atoms with E-state index >= 15 is 0 Å². The van der Waals surface area contributed by atoms with Crippen molar-refractivity contribution in [3.05, 3.63) is 12.7 Å². The van der Waals surface area contributed by atoms with E-state index < -0.39 is 6.04 Å². The van der Waals surface area contributed by atoms with Gasteiger partial charge in [-0.15, -0.1) is 6.58 Å². The van der Waals surface area contributed by atoms with Crippen molar-refractivity contribution >= 4 is 11.8 Å². The predicted octanol–water partition coefficient (Wildman–Crippen LogP) is -0.560. The number of rotatable bonds is 6. The third-order valence-corrected chi connectivity index (χ3v) is 1.58. The maximum atomic E-state index is 11.2. The highest BCUT2D eigenvalue weighted by Gasteiger charge is 2.17. The summed E-state index contributed by atoms with van der Waals surface area (Å²) < 4.78 is 4.63. The van der Waals surface area contributed by atoms with Crippen LogP contribution in [0.15, 0.2) is 12.7 Å². The molecule has 5 nitrogen and oxygen atoms in total. The zero-order chi connectivity index (χ0) is 11.0. The van der Waals surface area contributed by atoms with Gasteiger partial charge in [0.05, 0.1) is 0 Å². The number of methoxy groups -OCH3 is 1. The summed E-state index contributed by atoms with van der Waals surface area (Å²) in [5.74, 6) is -0.558. The number of ether oxygens (including phenoxy) is 1. The number of carbonyl (C=O) groups excluding carboxylic acids is 2. The van der Waals surface area contributed by atoms with Crippen LogP contribution in [0.5, 0.6) is 0 Å². The molecule has 0 saturated heterocycles. The summed E-state index contributed by atoms with van der Waals surface area (Å²) in [6.45, 7) is 3.46. The smallest absolute Gasteiger partial charge is 0.246 e. The molecule has 0 unspecified atom stereocenters. The van der Waals surface area contributed by atoms with Gasteiger partial charge in [-0.1, -0.05) is 6.08 Å². The molecule has 0 aromatic carbocycles. The first-order valence-electron chi connectivity index (χ1n) is 4.26. The molecular formula is C9H16N2O3. The van der Waals surface area contributed by atoms with E-state index in [9.17, 15) is 9.59 Å². The average molecular weight is 200 g/mol. The van der Waals surface area contributed by atoms with E-state index in [1.54, 1.807) is 6.08 Å². The van der Waals surface area contributed by atoms with Crippen LogP contribution in [0.25, 0.3) is 0 Å². The first-order chi connectivity index (χ1) is 6.65. The van der Waals surface area contributed by atoms with Gasteiger partial charge >= 0.3 is 0 Å². The van der Waals surface area contributed by atoms with Gasteiger partial charge in [0.1, 0.15) is 12.6 Å². The van der Waals surface area contributed by atoms with Gasteiger partial charge in [0, 0.05) is 14.2 Å². The molecule has 80 valence electrons. The van der Waals surface area contributed by atoms with Crippen molar-refractivity contribution < 1.29 is 14.3 Å². The van der Waals surface area contributed by atoms with Gasteiger partial charge in [-0.2, -0.15) is 0 Å². The Balaban J connectivity index is 4.14. The SMILES string of the molecule is C=CC[C@H](NC(=O)COC)C(=O)NC. The summed E-state index contributed by atoms with van der Waals surface area (Å²) in [6.07, 6.45) is 1.97. The molecule has 0 spiro atoms. The zero-order valence-corrected chi connectivity index (χ0v) is 8.50. The van der Waals surface area contributed by atoms with Crippen LogP contribution in [-0.2, 0) is 14.3 Å². The summed E-state index contributed by atoms with van der Waals surface area (Å²) >= 11 is 0. The molecule has 0 aliphatic rings. The molecule has 0 fully saturated rings. The van der Waals surface area contributed by atoms with Gasteiger partial charge in [0.25, 0.3) is 0 Å². The van der Waals surface area contributed by atoms with Gasteiger partial charge in [0.2, 0.25) is 11.8 Å². The molecule has 5 heteroatoms. The highest BCUT2D eigenvalue weighted by atomic mass is 16.5. The number of hydrogen-bond donors (Lipinski definition) is 2. The van der Waals surface area contributed by atoms with E-state index in [2.05, 4.69) is 21.9 Å². The van der Waals surface area contributed by atoms with Gasteiger partial charge in [-0.05, 0) is 6.42 Å². The lowest BCUT2D eigenvalue weighted by atomic mass is 10.2. The quantitative estimate of drug-likeness (QED) is 0.565. The second kappa shape index (κ2) is 7.08. The maximum absolute atomic E-state index is 11.2. The normalized spacial score (nSPS) is 11.6. The van der Waals surface area contributed by atoms with Crippen molar-refractivity contribution in [3.63, 3.8) is 0 Å². The Bertz CT molecular complexity index is 216. The number of carbonyl (C=O) groups is 2. The predicted molar refractivity (Wildman–Crippen MR) is 52.7 cm³/mol. The van der Waals surface area contributed by atoms with Gasteiger partial charge in [0.15, 0.2) is 0 Å². The highest BCUT2D eigenvalue weighted by Crippen LogP contribution is 1.93. The molecule has 0 rings (SSSR count). The Morgan fingerprint density at radius 3 is 2.64 bits per heavy atom. The van der Waals surface area contributed by atoms with Crippen molar-refractivity contribution in [3.8, 4) is 0 Å². The molecule has 2 amide bonds. The van der Waals surface area contributed by atoms with Crippen molar-refractivity contribution in [2.75, 3.05) is 20.8 Å². The number of hydrogen-bond acceptors (Lipinski definition) is 3. The standard InChI is InChI=1S/C9H16N2O3/c1-4-5-7(9(13)10-2)11-8(12)6-14-3/h4,7H,1,5-6H2,2-3H3,(H,10,13)(H,11,12)/t7-/m0/s1. The van der Waals surface area contributed by atoms with Crippen LogP contribution in [-0.4, -0.2) is 38.6 Å². The molecule has 1 atom stereocenters. The lowest BCUT2D eigenvalue weighted by Crippen LogP contribution is -2.46. The molecular weight excluding hydrogens is 184 g/mol. The van der Waals surface area contributed by atoms with Gasteiger partial charge in [-0.25, -0.2) is 0 Å². The Kier molecular flexibility index (Phi) is 6.39. The largest absolute Gasteiger partial charge is 0.375 e. The summed E-state index contributed by atoms with van der Waals surface area (Å²) in [6, 6.07) is -0.569. The Morgan fingerprint density at radius 2 is 2.21 bits per heavy atom. The zero-order valence-electron chi connectivity index (χ0n) is 8.50. The van der Waals surface area contributed by atoms with Crippen molar-refractivity contribution in [2.24, 2.45) is 0 Å². The van der Waals surface area contributed by atoms with E-state index in [4.69, 9.17) is 0 Å². The van der Waals surface area contributed by atoms with Crippen LogP contribution < -0.4 is 10.6 Å². The maximum Gasteiger partial charge on any atom is 0.246 e. The van der Waals surface area contributed by atoms with Crippen LogP contribution in [0.2, 0.25) is 0 Å². The van der Waals surface area contributed by atoms with E-state index in [0.717, 1.165) is 0 Å².